The maximum Gasteiger partial charge on any atom is 0.314 e. The van der Waals surface area contributed by atoms with E-state index in [0.717, 1.165) is 9.80 Å². The minimum absolute atomic E-state index is 0.0538. The van der Waals surface area contributed by atoms with Gasteiger partial charge < -0.3 is 127 Å². The molecule has 608 valence electrons. The first-order valence-electron chi connectivity index (χ1n) is 35.7. The SMILES string of the molecule is CC[C@H](C)[C@@H](NC(=O)CN)C(=O)NCC(=O)N[C@H]1C[S+]([O-])c2[nH]c3c(CSCCNC(=O)NCCOCCOCCOCCOCCOCCOCCOCCn4cc(CN5C(=O)C=CC5=O)nn4)c(OC)ccc3c2C[C@@H](CO)NC(=O)[C@H]([C@@H](C)[C@@H](O)CO)NC(=O)[C@H]2C[C@@H](O)CN2C(=O)[C@H](CC(N)=O)NC1=O. The number of carbonyl (C=O) groups is 11. The van der Waals surface area contributed by atoms with Gasteiger partial charge in [-0.2, -0.15) is 11.8 Å². The van der Waals surface area contributed by atoms with E-state index < -0.39 is 176 Å². The number of urea groups is 1. The summed E-state index contributed by atoms with van der Waals surface area (Å²) < 4.78 is 61.5. The molecule has 6 rings (SSSR count). The highest BCUT2D eigenvalue weighted by atomic mass is 32.2. The van der Waals surface area contributed by atoms with Crippen LogP contribution in [0.5, 0.6) is 5.75 Å². The van der Waals surface area contributed by atoms with Crippen LogP contribution in [0.1, 0.15) is 56.9 Å². The number of carbonyl (C=O) groups excluding carboxylic acids is 11. The van der Waals surface area contributed by atoms with Gasteiger partial charge in [-0.05, 0) is 18.1 Å². The maximum absolute atomic E-state index is 15.3. The molecule has 0 bridgehead atoms. The molecule has 3 aliphatic heterocycles. The molecular weight excluding hydrogens is 1480 g/mol. The fraction of sp³-hybridized carbons (Fsp3) is 0.657. The van der Waals surface area contributed by atoms with Gasteiger partial charge in [-0.3, -0.25) is 52.8 Å². The Balaban J connectivity index is 0.979. The third kappa shape index (κ3) is 29.2. The van der Waals surface area contributed by atoms with Gasteiger partial charge in [-0.25, -0.2) is 9.48 Å². The predicted octanol–water partition coefficient (Wildman–Crippen LogP) is -6.43. The highest BCUT2D eigenvalue weighted by molar-refractivity contribution is 7.98. The second-order valence-corrected chi connectivity index (χ2v) is 28.0. The number of imide groups is 1. The number of nitrogens with one attached hydrogen (secondary N) is 9. The summed E-state index contributed by atoms with van der Waals surface area (Å²) in [5, 5.41) is 71.5. The first-order chi connectivity index (χ1) is 52.4. The summed E-state index contributed by atoms with van der Waals surface area (Å²) in [7, 11) is 1.42. The molecule has 40 nitrogen and oxygen atoms in total. The van der Waals surface area contributed by atoms with Crippen LogP contribution in [0, 0.1) is 11.8 Å². The van der Waals surface area contributed by atoms with E-state index in [0.29, 0.717) is 126 Å². The van der Waals surface area contributed by atoms with Crippen LogP contribution in [0.25, 0.3) is 10.9 Å². The molecule has 5 heterocycles. The van der Waals surface area contributed by atoms with E-state index in [1.54, 1.807) is 36.9 Å². The van der Waals surface area contributed by atoms with Crippen molar-refractivity contribution in [3.8, 4) is 5.75 Å². The van der Waals surface area contributed by atoms with Crippen molar-refractivity contribution in [1.29, 1.82) is 0 Å². The van der Waals surface area contributed by atoms with Crippen LogP contribution in [-0.4, -0.2) is 325 Å². The molecule has 2 aromatic heterocycles. The summed E-state index contributed by atoms with van der Waals surface area (Å²) in [5.41, 5.74) is 12.7. The second kappa shape index (κ2) is 47.8. The van der Waals surface area contributed by atoms with E-state index in [4.69, 9.17) is 49.4 Å². The zero-order valence-corrected chi connectivity index (χ0v) is 63.2. The van der Waals surface area contributed by atoms with Crippen molar-refractivity contribution in [3.05, 3.63) is 47.3 Å². The second-order valence-electron chi connectivity index (χ2n) is 25.5. The molecule has 109 heavy (non-hydrogen) atoms. The van der Waals surface area contributed by atoms with Gasteiger partial charge in [0.15, 0.2) is 6.04 Å². The third-order valence-electron chi connectivity index (χ3n) is 17.6. The molecule has 1 saturated heterocycles. The van der Waals surface area contributed by atoms with Crippen molar-refractivity contribution >= 4 is 98.9 Å². The molecule has 11 atom stereocenters. The molecule has 1 unspecified atom stereocenters. The molecule has 0 radical (unpaired) electrons. The van der Waals surface area contributed by atoms with Crippen LogP contribution in [0.3, 0.4) is 0 Å². The van der Waals surface area contributed by atoms with Gasteiger partial charge in [-0.1, -0.05) is 32.4 Å². The van der Waals surface area contributed by atoms with Crippen LogP contribution >= 0.6 is 11.8 Å². The number of aromatic amines is 1. The number of nitrogens with zero attached hydrogens (tertiary/aromatic N) is 5. The smallest absolute Gasteiger partial charge is 0.314 e. The lowest BCUT2D eigenvalue weighted by atomic mass is 9.94. The maximum atomic E-state index is 15.3. The van der Waals surface area contributed by atoms with Crippen molar-refractivity contribution < 1.29 is 116 Å². The van der Waals surface area contributed by atoms with E-state index in [1.165, 1.54) is 37.9 Å². The topological polar surface area (TPSA) is 567 Å². The van der Waals surface area contributed by atoms with Gasteiger partial charge in [0, 0.05) is 89.7 Å². The number of amides is 12. The Labute approximate surface area is 636 Å². The Morgan fingerprint density at radius 1 is 0.798 bits per heavy atom. The average Bonchev–Trinajstić information content (AvgIpc) is 1.62. The minimum atomic E-state index is -2.42. The van der Waals surface area contributed by atoms with Crippen LogP contribution < -0.4 is 58.7 Å². The number of methoxy groups -OCH3 is 1. The Morgan fingerprint density at radius 2 is 1.41 bits per heavy atom. The number of nitrogens with two attached hydrogens (primary N) is 2. The van der Waals surface area contributed by atoms with Crippen LogP contribution in [0.15, 0.2) is 35.5 Å². The Bertz CT molecular complexity index is 3480. The fourth-order valence-electron chi connectivity index (χ4n) is 11.5. The number of fused-ring (bicyclic) bond motifs is 4. The van der Waals surface area contributed by atoms with Gasteiger partial charge in [0.2, 0.25) is 52.3 Å². The van der Waals surface area contributed by atoms with Gasteiger partial charge in [-0.15, -0.1) is 5.10 Å². The molecule has 1 aromatic carbocycles. The normalized spacial score (nSPS) is 20.4. The number of thioether (sulfide) groups is 1. The van der Waals surface area contributed by atoms with Crippen LogP contribution in [0.4, 0.5) is 4.79 Å². The number of primary amides is 1. The van der Waals surface area contributed by atoms with Crippen molar-refractivity contribution in [2.45, 2.75) is 119 Å². The number of hydrogen-bond donors (Lipinski definition) is 15. The molecule has 0 saturated carbocycles. The largest absolute Gasteiger partial charge is 0.610 e. The molecule has 42 heteroatoms. The van der Waals surface area contributed by atoms with Gasteiger partial charge >= 0.3 is 6.03 Å². The zero-order valence-electron chi connectivity index (χ0n) is 61.5. The molecule has 3 aliphatic rings. The van der Waals surface area contributed by atoms with E-state index in [2.05, 4.69) is 57.8 Å². The first-order valence-corrected chi connectivity index (χ1v) is 38.2. The number of aromatic nitrogens is 4. The van der Waals surface area contributed by atoms with Gasteiger partial charge in [0.1, 0.15) is 41.4 Å². The molecule has 12 amide bonds. The molecule has 3 aromatic rings. The molecule has 0 aliphatic carbocycles. The standard InChI is InChI=1S/C67H104N16O24S2/c1-5-40(2)58(76-54(89)31-68)63(95)72-32-55(90)74-49-39-109(99)65-46(28-42(36-84)73-64(96)59(41(3)51(87)37-85)77-62(94)50-29-44(86)35-82(50)66(97)48(30-53(69)88)75-61(49)93)45-6-7-52(100-4)47(60(45)78-65)38-108-27-11-71-67(98)70-10-13-101-15-17-103-19-21-105-23-25-107-26-24-106-22-20-104-18-16-102-14-12-81-33-43(79-80-81)34-83-56(91)8-9-57(83)92/h6-9,33,40-42,44,48-51,58-59,78,84-87H,5,10-32,34-39,68H2,1-4H3,(H2,69,88)(H,72,95)(H,73,96)(H,74,90)(H,75,93)(H,76,89)(H,77,94)(H2,70,71,98)/t40-,41-,42-,44+,48-,49-,50+,51-,58+,59-,109?/m0/s1. The number of benzene rings is 1. The van der Waals surface area contributed by atoms with E-state index in [1.807, 2.05) is 0 Å². The lowest BCUT2D eigenvalue weighted by molar-refractivity contribution is -0.144. The monoisotopic (exact) mass is 1580 g/mol. The highest BCUT2D eigenvalue weighted by Gasteiger charge is 2.45. The first kappa shape index (κ1) is 89.7. The van der Waals surface area contributed by atoms with Crippen molar-refractivity contribution in [1.82, 2.24) is 72.3 Å². The van der Waals surface area contributed by atoms with Gasteiger partial charge in [0.25, 0.3) is 11.8 Å². The Hall–Kier alpha value is -8.21. The quantitative estimate of drug-likeness (QED) is 0.0142. The number of H-pyrrole nitrogens is 1. The summed E-state index contributed by atoms with van der Waals surface area (Å²) in [4.78, 5) is 152. The lowest BCUT2D eigenvalue weighted by Gasteiger charge is -2.32. The van der Waals surface area contributed by atoms with Crippen molar-refractivity contribution in [2.24, 2.45) is 23.3 Å². The van der Waals surface area contributed by atoms with E-state index in [-0.39, 0.29) is 67.4 Å². The lowest BCUT2D eigenvalue weighted by Crippen LogP contribution is -2.61. The summed E-state index contributed by atoms with van der Waals surface area (Å²) >= 11 is -1.05. The number of aliphatic hydroxyl groups is 4. The van der Waals surface area contributed by atoms with Crippen LogP contribution in [-0.2, 0) is 118 Å². The average molecular weight is 1580 g/mol. The predicted molar refractivity (Wildman–Crippen MR) is 388 cm³/mol. The number of aliphatic hydroxyl groups excluding tert-OH is 4. The van der Waals surface area contributed by atoms with Crippen LogP contribution in [0.2, 0.25) is 0 Å². The number of ether oxygens (including phenoxy) is 8. The van der Waals surface area contributed by atoms with Gasteiger partial charge in [0.05, 0.1) is 175 Å². The van der Waals surface area contributed by atoms with Crippen molar-refractivity contribution in [3.63, 3.8) is 0 Å². The Kier molecular flexibility index (Phi) is 39.3. The number of hydrogen-bond acceptors (Lipinski definition) is 28. The summed E-state index contributed by atoms with van der Waals surface area (Å²) in [6, 6.07) is -6.63. The molecular formula is C67H104N16O24S2. The zero-order chi connectivity index (χ0) is 79.4. The third-order valence-corrected chi connectivity index (χ3v) is 20.0. The van der Waals surface area contributed by atoms with E-state index in [9.17, 15) is 73.2 Å². The summed E-state index contributed by atoms with van der Waals surface area (Å²) in [5.74, 6) is -10.2. The highest BCUT2D eigenvalue weighted by Crippen LogP contribution is 2.37. The molecule has 17 N–H and O–H groups in total. The minimum Gasteiger partial charge on any atom is -0.610 e. The molecule has 0 spiro atoms. The Morgan fingerprint density at radius 3 is 2.00 bits per heavy atom. The number of rotatable bonds is 46. The fourth-order valence-corrected chi connectivity index (χ4v) is 13.7. The summed E-state index contributed by atoms with van der Waals surface area (Å²) in [6.07, 6.45) is -0.0787. The molecule has 1 fully saturated rings. The van der Waals surface area contributed by atoms with E-state index >= 15 is 4.55 Å². The summed E-state index contributed by atoms with van der Waals surface area (Å²) in [6.45, 7) is 7.10. The van der Waals surface area contributed by atoms with Crippen molar-refractivity contribution in [2.75, 3.05) is 157 Å².